The summed E-state index contributed by atoms with van der Waals surface area (Å²) in [6, 6.07) is 4.28. The smallest absolute Gasteiger partial charge is 0.336 e. The number of unbranched alkanes of at least 4 members (excludes halogenated alkanes) is 2. The molecule has 0 saturated carbocycles. The number of rotatable bonds is 7. The molecule has 1 rings (SSSR count). The number of aromatic carboxylic acids is 2. The van der Waals surface area contributed by atoms with E-state index in [9.17, 15) is 14.0 Å². The van der Waals surface area contributed by atoms with Gasteiger partial charge in [-0.3, -0.25) is 4.39 Å². The van der Waals surface area contributed by atoms with Gasteiger partial charge in [-0.05, 0) is 37.0 Å². The average molecular weight is 254 g/mol. The maximum Gasteiger partial charge on any atom is 0.336 e. The number of carbonyl (C=O) groups is 2. The molecule has 0 aliphatic heterocycles. The molecule has 0 amide bonds. The van der Waals surface area contributed by atoms with Gasteiger partial charge in [0.2, 0.25) is 0 Å². The Labute approximate surface area is 104 Å². The summed E-state index contributed by atoms with van der Waals surface area (Å²) in [7, 11) is 0. The number of aryl methyl sites for hydroxylation is 1. The minimum absolute atomic E-state index is 0.203. The predicted octanol–water partition coefficient (Wildman–Crippen LogP) is 2.77. The molecule has 2 N–H and O–H groups in total. The fourth-order valence-corrected chi connectivity index (χ4v) is 1.71. The zero-order valence-corrected chi connectivity index (χ0v) is 9.86. The zero-order chi connectivity index (χ0) is 13.5. The number of carboxylic acid groups (broad SMARTS) is 2. The highest BCUT2D eigenvalue weighted by Gasteiger charge is 2.15. The highest BCUT2D eigenvalue weighted by Crippen LogP contribution is 2.15. The van der Waals surface area contributed by atoms with Crippen LogP contribution in [0.4, 0.5) is 4.39 Å². The summed E-state index contributed by atoms with van der Waals surface area (Å²) < 4.78 is 11.9. The largest absolute Gasteiger partial charge is 0.478 e. The van der Waals surface area contributed by atoms with E-state index < -0.39 is 11.9 Å². The van der Waals surface area contributed by atoms with Gasteiger partial charge in [0, 0.05) is 0 Å². The molecule has 0 aromatic heterocycles. The third-order valence-electron chi connectivity index (χ3n) is 2.64. The molecule has 5 heteroatoms. The Balaban J connectivity index is 2.80. The van der Waals surface area contributed by atoms with Gasteiger partial charge in [0.05, 0.1) is 17.8 Å². The van der Waals surface area contributed by atoms with Crippen LogP contribution < -0.4 is 0 Å². The van der Waals surface area contributed by atoms with E-state index in [-0.39, 0.29) is 17.8 Å². The minimum Gasteiger partial charge on any atom is -0.478 e. The average Bonchev–Trinajstić information content (AvgIpc) is 2.34. The molecule has 0 unspecified atom stereocenters. The van der Waals surface area contributed by atoms with Crippen molar-refractivity contribution in [2.24, 2.45) is 0 Å². The Bertz CT molecular complexity index is 443. The quantitative estimate of drug-likeness (QED) is 0.734. The van der Waals surface area contributed by atoms with Gasteiger partial charge in [0.15, 0.2) is 0 Å². The summed E-state index contributed by atoms with van der Waals surface area (Å²) in [5.41, 5.74) is 0.344. The first-order chi connectivity index (χ1) is 8.56. The summed E-state index contributed by atoms with van der Waals surface area (Å²) in [5, 5.41) is 17.8. The van der Waals surface area contributed by atoms with Crippen molar-refractivity contribution in [1.82, 2.24) is 0 Å². The van der Waals surface area contributed by atoms with E-state index in [2.05, 4.69) is 0 Å². The first-order valence-electron chi connectivity index (χ1n) is 5.71. The van der Waals surface area contributed by atoms with Crippen molar-refractivity contribution in [2.45, 2.75) is 25.7 Å². The standard InChI is InChI=1S/C13H15FO4/c14-7-3-1-2-4-9-5-6-10(12(15)16)11(8-9)13(17)18/h5-6,8H,1-4,7H2,(H,15,16)(H,17,18). The van der Waals surface area contributed by atoms with Crippen molar-refractivity contribution in [3.05, 3.63) is 34.9 Å². The monoisotopic (exact) mass is 254 g/mol. The lowest BCUT2D eigenvalue weighted by Gasteiger charge is -2.05. The van der Waals surface area contributed by atoms with E-state index in [1.165, 1.54) is 12.1 Å². The molecule has 0 fully saturated rings. The topological polar surface area (TPSA) is 74.6 Å². The molecule has 0 aliphatic rings. The Morgan fingerprint density at radius 3 is 2.22 bits per heavy atom. The van der Waals surface area contributed by atoms with Crippen molar-refractivity contribution in [2.75, 3.05) is 6.67 Å². The summed E-state index contributed by atoms with van der Waals surface area (Å²) in [6.45, 7) is -0.349. The number of alkyl halides is 1. The number of halogens is 1. The molecule has 4 nitrogen and oxygen atoms in total. The lowest BCUT2D eigenvalue weighted by atomic mass is 10.0. The predicted molar refractivity (Wildman–Crippen MR) is 63.9 cm³/mol. The molecule has 0 aliphatic carbocycles. The third kappa shape index (κ3) is 3.84. The van der Waals surface area contributed by atoms with Crippen molar-refractivity contribution >= 4 is 11.9 Å². The van der Waals surface area contributed by atoms with Gasteiger partial charge >= 0.3 is 11.9 Å². The molecule has 0 atom stereocenters. The van der Waals surface area contributed by atoms with E-state index in [1.807, 2.05) is 0 Å². The zero-order valence-electron chi connectivity index (χ0n) is 9.86. The van der Waals surface area contributed by atoms with Crippen LogP contribution >= 0.6 is 0 Å². The Morgan fingerprint density at radius 1 is 1.00 bits per heavy atom. The molecule has 0 heterocycles. The molecule has 0 radical (unpaired) electrons. The molecule has 0 saturated heterocycles. The minimum atomic E-state index is -1.25. The maximum absolute atomic E-state index is 11.9. The van der Waals surface area contributed by atoms with Crippen LogP contribution in [0.1, 0.15) is 45.5 Å². The van der Waals surface area contributed by atoms with E-state index in [0.717, 1.165) is 18.4 Å². The van der Waals surface area contributed by atoms with Gasteiger partial charge in [-0.1, -0.05) is 12.5 Å². The highest BCUT2D eigenvalue weighted by molar-refractivity contribution is 6.01. The molecule has 18 heavy (non-hydrogen) atoms. The SMILES string of the molecule is O=C(O)c1ccc(CCCCCF)cc1C(=O)O. The Hall–Kier alpha value is -1.91. The first kappa shape index (κ1) is 14.2. The van der Waals surface area contributed by atoms with Crippen molar-refractivity contribution < 1.29 is 24.2 Å². The third-order valence-corrected chi connectivity index (χ3v) is 2.64. The number of carboxylic acids is 2. The van der Waals surface area contributed by atoms with Crippen LogP contribution in [0.25, 0.3) is 0 Å². The van der Waals surface area contributed by atoms with E-state index in [4.69, 9.17) is 10.2 Å². The molecule has 1 aromatic rings. The number of benzene rings is 1. The van der Waals surface area contributed by atoms with E-state index in [0.29, 0.717) is 12.8 Å². The second-order valence-corrected chi connectivity index (χ2v) is 3.99. The van der Waals surface area contributed by atoms with Crippen molar-refractivity contribution in [3.63, 3.8) is 0 Å². The maximum atomic E-state index is 11.9. The van der Waals surface area contributed by atoms with Gasteiger partial charge in [0.1, 0.15) is 0 Å². The Morgan fingerprint density at radius 2 is 1.67 bits per heavy atom. The van der Waals surface area contributed by atoms with E-state index in [1.54, 1.807) is 6.07 Å². The lowest BCUT2D eigenvalue weighted by Crippen LogP contribution is -2.08. The number of hydrogen-bond donors (Lipinski definition) is 2. The van der Waals surface area contributed by atoms with Crippen molar-refractivity contribution in [3.8, 4) is 0 Å². The van der Waals surface area contributed by atoms with E-state index >= 15 is 0 Å². The number of hydrogen-bond acceptors (Lipinski definition) is 2. The molecule has 0 spiro atoms. The van der Waals surface area contributed by atoms with Gasteiger partial charge in [-0.15, -0.1) is 0 Å². The van der Waals surface area contributed by atoms with Crippen LogP contribution in [0.5, 0.6) is 0 Å². The first-order valence-corrected chi connectivity index (χ1v) is 5.71. The van der Waals surface area contributed by atoms with Gasteiger partial charge in [-0.2, -0.15) is 0 Å². The second-order valence-electron chi connectivity index (χ2n) is 3.99. The van der Waals surface area contributed by atoms with Crippen LogP contribution in [0, 0.1) is 0 Å². The van der Waals surface area contributed by atoms with Gasteiger partial charge in [-0.25, -0.2) is 9.59 Å². The molecule has 0 bridgehead atoms. The molecular weight excluding hydrogens is 239 g/mol. The van der Waals surface area contributed by atoms with Crippen molar-refractivity contribution in [1.29, 1.82) is 0 Å². The van der Waals surface area contributed by atoms with Crippen LogP contribution in [-0.4, -0.2) is 28.8 Å². The summed E-state index contributed by atoms with van der Waals surface area (Å²) in [5.74, 6) is -2.51. The lowest BCUT2D eigenvalue weighted by molar-refractivity contribution is 0.0651. The summed E-state index contributed by atoms with van der Waals surface area (Å²) in [4.78, 5) is 21.8. The molecular formula is C13H15FO4. The Kier molecular flexibility index (Phi) is 5.30. The summed E-state index contributed by atoms with van der Waals surface area (Å²) >= 11 is 0. The van der Waals surface area contributed by atoms with Gasteiger partial charge in [0.25, 0.3) is 0 Å². The fraction of sp³-hybridized carbons (Fsp3) is 0.385. The van der Waals surface area contributed by atoms with Crippen LogP contribution in [-0.2, 0) is 6.42 Å². The van der Waals surface area contributed by atoms with Crippen LogP contribution in [0.15, 0.2) is 18.2 Å². The second kappa shape index (κ2) is 6.74. The summed E-state index contributed by atoms with van der Waals surface area (Å²) in [6.07, 6.45) is 2.62. The van der Waals surface area contributed by atoms with Gasteiger partial charge < -0.3 is 10.2 Å². The fourth-order valence-electron chi connectivity index (χ4n) is 1.71. The van der Waals surface area contributed by atoms with Crippen LogP contribution in [0.3, 0.4) is 0 Å². The molecule has 1 aromatic carbocycles. The molecule has 98 valence electrons. The normalized spacial score (nSPS) is 10.3. The highest BCUT2D eigenvalue weighted by atomic mass is 19.1. The van der Waals surface area contributed by atoms with Crippen LogP contribution in [0.2, 0.25) is 0 Å².